The smallest absolute Gasteiger partial charge is 0.306 e. The number of aliphatic hydroxyl groups is 5. The zero-order chi connectivity index (χ0) is 50.4. The highest BCUT2D eigenvalue weighted by Crippen LogP contribution is 2.26. The zero-order valence-electron chi connectivity index (χ0n) is 44.4. The molecule has 1 aliphatic heterocycles. The van der Waals surface area contributed by atoms with Crippen molar-refractivity contribution in [2.75, 3.05) is 13.2 Å². The number of hydrogen-bond donors (Lipinski definition) is 6. The molecular weight excluding hydrogens is 871 g/mol. The lowest BCUT2D eigenvalue weighted by Crippen LogP contribution is -2.61. The largest absolute Gasteiger partial charge is 0.454 e. The summed E-state index contributed by atoms with van der Waals surface area (Å²) in [4.78, 5) is 26.4. The van der Waals surface area contributed by atoms with Crippen LogP contribution in [0.5, 0.6) is 0 Å². The summed E-state index contributed by atoms with van der Waals surface area (Å²) in [6.07, 6.45) is 43.3. The fraction of sp³-hybridized carbons (Fsp3) is 0.862. The molecule has 1 fully saturated rings. The summed E-state index contributed by atoms with van der Waals surface area (Å²) >= 11 is 0. The summed E-state index contributed by atoms with van der Waals surface area (Å²) in [6, 6.07) is -1.02. The Balaban J connectivity index is 2.71. The van der Waals surface area contributed by atoms with Gasteiger partial charge in [0.2, 0.25) is 5.91 Å². The number of aliphatic hydroxyl groups excluding tert-OH is 5. The molecule has 404 valence electrons. The fourth-order valence-corrected chi connectivity index (χ4v) is 8.92. The Morgan fingerprint density at radius 3 is 1.51 bits per heavy atom. The standard InChI is InChI=1S/C58H107NO10/c1-4-7-10-13-16-19-22-24-25-26-27-28-31-34-37-40-43-46-53(63)69-56-55(65)54(64)52(47-60)68-58(56)67-48-49(50(61)44-41-38-35-32-29-21-18-15-12-9-6-3)59-57(66)51(62)45-42-39-36-33-30-23-20-17-14-11-8-5-2/h16,19,24-25,41,44,49-52,54-56,58,60-62,64-65H,4-15,17-18,20-23,26-40,42-43,45-48H2,1-3H3,(H,59,66)/b19-16-,25-24-,44-41+. The quantitative estimate of drug-likeness (QED) is 0.0196. The molecule has 1 saturated heterocycles. The van der Waals surface area contributed by atoms with Crippen LogP contribution in [0.3, 0.4) is 0 Å². The summed E-state index contributed by atoms with van der Waals surface area (Å²) in [5.41, 5.74) is 0. The molecule has 0 radical (unpaired) electrons. The molecule has 0 aliphatic carbocycles. The van der Waals surface area contributed by atoms with Crippen molar-refractivity contribution >= 4 is 11.9 Å². The van der Waals surface area contributed by atoms with Crippen molar-refractivity contribution in [1.29, 1.82) is 0 Å². The van der Waals surface area contributed by atoms with E-state index < -0.39 is 67.4 Å². The van der Waals surface area contributed by atoms with E-state index in [4.69, 9.17) is 14.2 Å². The number of esters is 1. The number of amides is 1. The van der Waals surface area contributed by atoms with Gasteiger partial charge in [-0.3, -0.25) is 9.59 Å². The third kappa shape index (κ3) is 35.6. The second-order valence-electron chi connectivity index (χ2n) is 20.0. The molecule has 1 aliphatic rings. The molecule has 0 aromatic rings. The first-order chi connectivity index (χ1) is 33.7. The van der Waals surface area contributed by atoms with Crippen molar-refractivity contribution in [1.82, 2.24) is 5.32 Å². The van der Waals surface area contributed by atoms with Gasteiger partial charge in [0.25, 0.3) is 0 Å². The van der Waals surface area contributed by atoms with Crippen LogP contribution in [-0.4, -0.2) is 99.6 Å². The summed E-state index contributed by atoms with van der Waals surface area (Å²) in [5.74, 6) is -1.20. The topological polar surface area (TPSA) is 175 Å². The van der Waals surface area contributed by atoms with Crippen LogP contribution in [0.4, 0.5) is 0 Å². The first-order valence-electron chi connectivity index (χ1n) is 28.8. The van der Waals surface area contributed by atoms with Crippen LogP contribution in [0.15, 0.2) is 36.5 Å². The maximum absolute atomic E-state index is 13.3. The van der Waals surface area contributed by atoms with Gasteiger partial charge in [0.1, 0.15) is 24.4 Å². The molecule has 1 rings (SSSR count). The zero-order valence-corrected chi connectivity index (χ0v) is 44.4. The van der Waals surface area contributed by atoms with E-state index >= 15 is 0 Å². The molecule has 8 unspecified atom stereocenters. The first-order valence-corrected chi connectivity index (χ1v) is 28.8. The van der Waals surface area contributed by atoms with Gasteiger partial charge in [-0.2, -0.15) is 0 Å². The van der Waals surface area contributed by atoms with E-state index in [9.17, 15) is 35.1 Å². The molecule has 11 nitrogen and oxygen atoms in total. The number of unbranched alkanes of at least 4 members (excludes halogenated alkanes) is 30. The van der Waals surface area contributed by atoms with Gasteiger partial charge in [-0.05, 0) is 57.8 Å². The van der Waals surface area contributed by atoms with Gasteiger partial charge in [0, 0.05) is 6.42 Å². The highest BCUT2D eigenvalue weighted by atomic mass is 16.7. The van der Waals surface area contributed by atoms with Crippen molar-refractivity contribution in [2.45, 2.75) is 307 Å². The van der Waals surface area contributed by atoms with Crippen LogP contribution in [0.2, 0.25) is 0 Å². The van der Waals surface area contributed by atoms with Gasteiger partial charge in [0.05, 0.1) is 25.4 Å². The maximum atomic E-state index is 13.3. The van der Waals surface area contributed by atoms with Crippen molar-refractivity contribution in [3.63, 3.8) is 0 Å². The second kappa shape index (κ2) is 46.9. The number of hydrogen-bond acceptors (Lipinski definition) is 10. The predicted octanol–water partition coefficient (Wildman–Crippen LogP) is 12.7. The first kappa shape index (κ1) is 64.9. The van der Waals surface area contributed by atoms with Crippen molar-refractivity contribution in [2.24, 2.45) is 0 Å². The average molecular weight is 978 g/mol. The monoisotopic (exact) mass is 978 g/mol. The lowest BCUT2D eigenvalue weighted by atomic mass is 9.99. The van der Waals surface area contributed by atoms with E-state index in [1.807, 2.05) is 6.08 Å². The van der Waals surface area contributed by atoms with E-state index in [1.165, 1.54) is 135 Å². The van der Waals surface area contributed by atoms with E-state index in [1.54, 1.807) is 6.08 Å². The highest BCUT2D eigenvalue weighted by molar-refractivity contribution is 5.80. The molecule has 0 aromatic heterocycles. The molecule has 0 bridgehead atoms. The van der Waals surface area contributed by atoms with Crippen molar-refractivity contribution in [3.05, 3.63) is 36.5 Å². The minimum atomic E-state index is -1.61. The SMILES string of the molecule is CCCCC/C=C\C/C=C\CCCCCCCCCC(=O)OC1C(OCC(NC(=O)C(O)CCCCCCCCCCCCCC)C(O)/C=C/CCCCCCCCCCC)OC(CO)C(O)C1O. The molecule has 69 heavy (non-hydrogen) atoms. The van der Waals surface area contributed by atoms with E-state index in [0.717, 1.165) is 77.0 Å². The van der Waals surface area contributed by atoms with Crippen molar-refractivity contribution in [3.8, 4) is 0 Å². The molecule has 0 spiro atoms. The average Bonchev–Trinajstić information content (AvgIpc) is 3.34. The van der Waals surface area contributed by atoms with Crippen LogP contribution in [0.25, 0.3) is 0 Å². The number of nitrogens with one attached hydrogen (secondary N) is 1. The number of carbonyl (C=O) groups excluding carboxylic acids is 2. The van der Waals surface area contributed by atoms with Gasteiger partial charge in [-0.15, -0.1) is 0 Å². The minimum absolute atomic E-state index is 0.117. The van der Waals surface area contributed by atoms with E-state index in [0.29, 0.717) is 19.3 Å². The van der Waals surface area contributed by atoms with Crippen LogP contribution in [0.1, 0.15) is 258 Å². The lowest BCUT2D eigenvalue weighted by Gasteiger charge is -2.41. The highest BCUT2D eigenvalue weighted by Gasteiger charge is 2.47. The molecule has 0 saturated carbocycles. The molecule has 8 atom stereocenters. The third-order valence-corrected chi connectivity index (χ3v) is 13.5. The predicted molar refractivity (Wildman–Crippen MR) is 283 cm³/mol. The Morgan fingerprint density at radius 2 is 1.00 bits per heavy atom. The van der Waals surface area contributed by atoms with Crippen LogP contribution in [-0.2, 0) is 23.8 Å². The molecular formula is C58H107NO10. The number of ether oxygens (including phenoxy) is 3. The summed E-state index contributed by atoms with van der Waals surface area (Å²) in [6.45, 7) is 5.74. The number of allylic oxidation sites excluding steroid dienone is 5. The van der Waals surface area contributed by atoms with Crippen LogP contribution >= 0.6 is 0 Å². The Hall–Kier alpha value is -2.12. The van der Waals surface area contributed by atoms with Crippen LogP contribution < -0.4 is 5.32 Å². The molecule has 1 amide bonds. The molecule has 11 heteroatoms. The molecule has 0 aromatic carbocycles. The van der Waals surface area contributed by atoms with Crippen LogP contribution in [0, 0.1) is 0 Å². The number of rotatable bonds is 48. The Kier molecular flexibility index (Phi) is 44.1. The third-order valence-electron chi connectivity index (χ3n) is 13.5. The Bertz CT molecular complexity index is 1260. The second-order valence-corrected chi connectivity index (χ2v) is 20.0. The molecule has 1 heterocycles. The van der Waals surface area contributed by atoms with Gasteiger partial charge >= 0.3 is 5.97 Å². The summed E-state index contributed by atoms with van der Waals surface area (Å²) in [5, 5.41) is 56.7. The van der Waals surface area contributed by atoms with Gasteiger partial charge in [-0.1, -0.05) is 231 Å². The minimum Gasteiger partial charge on any atom is -0.454 e. The lowest BCUT2D eigenvalue weighted by molar-refractivity contribution is -0.305. The van der Waals surface area contributed by atoms with Gasteiger partial charge in [-0.25, -0.2) is 0 Å². The Labute approximate surface area is 422 Å². The summed E-state index contributed by atoms with van der Waals surface area (Å²) < 4.78 is 17.6. The van der Waals surface area contributed by atoms with E-state index in [-0.39, 0.29) is 13.0 Å². The van der Waals surface area contributed by atoms with Gasteiger partial charge < -0.3 is 45.1 Å². The maximum Gasteiger partial charge on any atom is 0.306 e. The summed E-state index contributed by atoms with van der Waals surface area (Å²) in [7, 11) is 0. The van der Waals surface area contributed by atoms with Gasteiger partial charge in [0.15, 0.2) is 12.4 Å². The Morgan fingerprint density at radius 1 is 0.565 bits per heavy atom. The fourth-order valence-electron chi connectivity index (χ4n) is 8.92. The van der Waals surface area contributed by atoms with E-state index in [2.05, 4.69) is 50.4 Å². The van der Waals surface area contributed by atoms with Crippen molar-refractivity contribution < 1.29 is 49.3 Å². The number of carbonyl (C=O) groups is 2. The normalized spacial score (nSPS) is 20.0. The molecule has 6 N–H and O–H groups in total.